The SMILES string of the molecule is CCC(CC)N1C(=O)CC(NC(C)C(=O)N(C)C)C1=O. The number of imide groups is 1. The first-order chi connectivity index (χ1) is 9.33. The molecule has 0 spiro atoms. The molecule has 2 unspecified atom stereocenters. The molecule has 0 aliphatic carbocycles. The predicted molar refractivity (Wildman–Crippen MR) is 75.9 cm³/mol. The van der Waals surface area contributed by atoms with Crippen LogP contribution in [0.3, 0.4) is 0 Å². The van der Waals surface area contributed by atoms with Gasteiger partial charge in [-0.1, -0.05) is 13.8 Å². The zero-order valence-corrected chi connectivity index (χ0v) is 13.0. The van der Waals surface area contributed by atoms with Gasteiger partial charge in [-0.15, -0.1) is 0 Å². The Morgan fingerprint density at radius 2 is 1.90 bits per heavy atom. The van der Waals surface area contributed by atoms with Crippen LogP contribution in [0, 0.1) is 0 Å². The molecule has 114 valence electrons. The van der Waals surface area contributed by atoms with Gasteiger partial charge < -0.3 is 4.90 Å². The van der Waals surface area contributed by atoms with Crippen molar-refractivity contribution in [3.05, 3.63) is 0 Å². The van der Waals surface area contributed by atoms with Gasteiger partial charge in [0.25, 0.3) is 0 Å². The number of rotatable bonds is 6. The van der Waals surface area contributed by atoms with Crippen LogP contribution in [0.25, 0.3) is 0 Å². The molecule has 1 fully saturated rings. The van der Waals surface area contributed by atoms with Crippen LogP contribution in [0.4, 0.5) is 0 Å². The Kier molecular flexibility index (Phi) is 5.68. The molecule has 0 radical (unpaired) electrons. The van der Waals surface area contributed by atoms with E-state index in [4.69, 9.17) is 0 Å². The van der Waals surface area contributed by atoms with Gasteiger partial charge in [0.05, 0.1) is 18.5 Å². The second kappa shape index (κ2) is 6.83. The summed E-state index contributed by atoms with van der Waals surface area (Å²) in [6, 6.07) is -1.10. The molecule has 0 saturated carbocycles. The molecule has 1 rings (SSSR count). The maximum atomic E-state index is 12.3. The Labute approximate surface area is 120 Å². The second-order valence-electron chi connectivity index (χ2n) is 5.45. The predicted octanol–water partition coefficient (Wildman–Crippen LogP) is 0.369. The highest BCUT2D eigenvalue weighted by atomic mass is 16.2. The number of carbonyl (C=O) groups is 3. The summed E-state index contributed by atoms with van der Waals surface area (Å²) in [5, 5.41) is 2.97. The summed E-state index contributed by atoms with van der Waals surface area (Å²) < 4.78 is 0. The van der Waals surface area contributed by atoms with E-state index >= 15 is 0 Å². The molecular formula is C14H25N3O3. The summed E-state index contributed by atoms with van der Waals surface area (Å²) in [6.07, 6.45) is 1.65. The molecule has 1 aliphatic rings. The van der Waals surface area contributed by atoms with E-state index in [-0.39, 0.29) is 30.2 Å². The van der Waals surface area contributed by atoms with Crippen molar-refractivity contribution in [3.63, 3.8) is 0 Å². The molecule has 0 bridgehead atoms. The lowest BCUT2D eigenvalue weighted by Crippen LogP contribution is -2.50. The van der Waals surface area contributed by atoms with E-state index in [1.807, 2.05) is 13.8 Å². The van der Waals surface area contributed by atoms with E-state index in [0.717, 1.165) is 12.8 Å². The standard InChI is InChI=1S/C14H25N3O3/c1-6-10(7-2)17-12(18)8-11(14(17)20)15-9(3)13(19)16(4)5/h9-11,15H,6-8H2,1-5H3. The summed E-state index contributed by atoms with van der Waals surface area (Å²) in [5.41, 5.74) is 0. The van der Waals surface area contributed by atoms with Crippen molar-refractivity contribution in [3.8, 4) is 0 Å². The zero-order chi connectivity index (χ0) is 15.4. The molecule has 1 aliphatic heterocycles. The van der Waals surface area contributed by atoms with Crippen LogP contribution in [0.2, 0.25) is 0 Å². The number of hydrogen-bond donors (Lipinski definition) is 1. The van der Waals surface area contributed by atoms with Gasteiger partial charge in [0.15, 0.2) is 0 Å². The van der Waals surface area contributed by atoms with Crippen molar-refractivity contribution in [1.29, 1.82) is 0 Å². The largest absolute Gasteiger partial charge is 0.347 e. The Morgan fingerprint density at radius 1 is 1.35 bits per heavy atom. The van der Waals surface area contributed by atoms with E-state index in [1.165, 1.54) is 9.80 Å². The number of likely N-dealkylation sites (N-methyl/N-ethyl adjacent to an activating group) is 1. The van der Waals surface area contributed by atoms with Gasteiger partial charge >= 0.3 is 0 Å². The molecule has 6 heteroatoms. The monoisotopic (exact) mass is 283 g/mol. The van der Waals surface area contributed by atoms with E-state index in [0.29, 0.717) is 0 Å². The fourth-order valence-corrected chi connectivity index (χ4v) is 2.58. The third-order valence-electron chi connectivity index (χ3n) is 3.75. The fraction of sp³-hybridized carbons (Fsp3) is 0.786. The zero-order valence-electron chi connectivity index (χ0n) is 13.0. The Bertz CT molecular complexity index is 391. The summed E-state index contributed by atoms with van der Waals surface area (Å²) >= 11 is 0. The van der Waals surface area contributed by atoms with Crippen molar-refractivity contribution >= 4 is 17.7 Å². The molecule has 2 atom stereocenters. The molecule has 3 amide bonds. The van der Waals surface area contributed by atoms with Crippen LogP contribution in [0.1, 0.15) is 40.0 Å². The first-order valence-corrected chi connectivity index (χ1v) is 7.16. The Hall–Kier alpha value is -1.43. The van der Waals surface area contributed by atoms with Crippen molar-refractivity contribution in [1.82, 2.24) is 15.1 Å². The number of carbonyl (C=O) groups excluding carboxylic acids is 3. The molecule has 0 aromatic rings. The summed E-state index contributed by atoms with van der Waals surface area (Å²) in [7, 11) is 3.33. The van der Waals surface area contributed by atoms with Crippen LogP contribution in [0.5, 0.6) is 0 Å². The molecule has 1 heterocycles. The molecular weight excluding hydrogens is 258 g/mol. The number of likely N-dealkylation sites (tertiary alicyclic amines) is 1. The normalized spacial score (nSPS) is 20.7. The van der Waals surface area contributed by atoms with Crippen LogP contribution in [0.15, 0.2) is 0 Å². The average Bonchev–Trinajstić information content (AvgIpc) is 2.66. The van der Waals surface area contributed by atoms with E-state index in [1.54, 1.807) is 21.0 Å². The average molecular weight is 283 g/mol. The van der Waals surface area contributed by atoms with Gasteiger partial charge in [0.2, 0.25) is 17.7 Å². The second-order valence-corrected chi connectivity index (χ2v) is 5.45. The van der Waals surface area contributed by atoms with Crippen molar-refractivity contribution in [2.75, 3.05) is 14.1 Å². The van der Waals surface area contributed by atoms with Gasteiger partial charge in [0, 0.05) is 20.1 Å². The van der Waals surface area contributed by atoms with Gasteiger partial charge in [-0.05, 0) is 19.8 Å². The van der Waals surface area contributed by atoms with E-state index < -0.39 is 12.1 Å². The minimum absolute atomic E-state index is 0.0401. The summed E-state index contributed by atoms with van der Waals surface area (Å²) in [5.74, 6) is -0.459. The smallest absolute Gasteiger partial charge is 0.247 e. The first kappa shape index (κ1) is 16.6. The fourth-order valence-electron chi connectivity index (χ4n) is 2.58. The quantitative estimate of drug-likeness (QED) is 0.715. The molecule has 6 nitrogen and oxygen atoms in total. The van der Waals surface area contributed by atoms with Gasteiger partial charge in [0.1, 0.15) is 0 Å². The Balaban J connectivity index is 2.74. The maximum absolute atomic E-state index is 12.3. The number of nitrogens with one attached hydrogen (secondary N) is 1. The van der Waals surface area contributed by atoms with E-state index in [2.05, 4.69) is 5.32 Å². The summed E-state index contributed by atoms with van der Waals surface area (Å²) in [6.45, 7) is 5.64. The highest BCUT2D eigenvalue weighted by molar-refractivity contribution is 6.06. The van der Waals surface area contributed by atoms with Crippen molar-refractivity contribution in [2.45, 2.75) is 58.2 Å². The lowest BCUT2D eigenvalue weighted by atomic mass is 10.1. The lowest BCUT2D eigenvalue weighted by Gasteiger charge is -2.25. The van der Waals surface area contributed by atoms with Crippen LogP contribution >= 0.6 is 0 Å². The van der Waals surface area contributed by atoms with Crippen LogP contribution in [-0.4, -0.2) is 59.7 Å². The van der Waals surface area contributed by atoms with Gasteiger partial charge in [-0.2, -0.15) is 0 Å². The Morgan fingerprint density at radius 3 is 2.35 bits per heavy atom. The topological polar surface area (TPSA) is 69.7 Å². The highest BCUT2D eigenvalue weighted by Gasteiger charge is 2.42. The number of nitrogens with zero attached hydrogens (tertiary/aromatic N) is 2. The maximum Gasteiger partial charge on any atom is 0.247 e. The van der Waals surface area contributed by atoms with Gasteiger partial charge in [-0.25, -0.2) is 0 Å². The minimum Gasteiger partial charge on any atom is -0.347 e. The van der Waals surface area contributed by atoms with Crippen molar-refractivity contribution < 1.29 is 14.4 Å². The van der Waals surface area contributed by atoms with Gasteiger partial charge in [-0.3, -0.25) is 24.6 Å². The third kappa shape index (κ3) is 3.36. The van der Waals surface area contributed by atoms with Crippen molar-refractivity contribution in [2.24, 2.45) is 0 Å². The minimum atomic E-state index is -0.581. The molecule has 0 aromatic heterocycles. The third-order valence-corrected chi connectivity index (χ3v) is 3.75. The summed E-state index contributed by atoms with van der Waals surface area (Å²) in [4.78, 5) is 39.0. The molecule has 1 saturated heterocycles. The highest BCUT2D eigenvalue weighted by Crippen LogP contribution is 2.20. The van der Waals surface area contributed by atoms with E-state index in [9.17, 15) is 14.4 Å². The molecule has 0 aromatic carbocycles. The number of amides is 3. The lowest BCUT2D eigenvalue weighted by molar-refractivity contribution is -0.141. The van der Waals surface area contributed by atoms with Crippen LogP contribution in [-0.2, 0) is 14.4 Å². The first-order valence-electron chi connectivity index (χ1n) is 7.16. The molecule has 1 N–H and O–H groups in total. The van der Waals surface area contributed by atoms with Crippen LogP contribution < -0.4 is 5.32 Å². The number of hydrogen-bond acceptors (Lipinski definition) is 4. The molecule has 20 heavy (non-hydrogen) atoms.